The fourth-order valence-corrected chi connectivity index (χ4v) is 3.30. The molecule has 1 aromatic carbocycles. The molecule has 1 heterocycles. The van der Waals surface area contributed by atoms with Gasteiger partial charge in [0, 0.05) is 32.0 Å². The van der Waals surface area contributed by atoms with Crippen molar-refractivity contribution in [3.05, 3.63) is 58.9 Å². The van der Waals surface area contributed by atoms with Gasteiger partial charge in [-0.2, -0.15) is 13.2 Å². The number of aromatic carboxylic acids is 1. The Bertz CT molecular complexity index is 869. The number of carboxylic acid groups (broad SMARTS) is 1. The van der Waals surface area contributed by atoms with Gasteiger partial charge in [-0.05, 0) is 18.2 Å². The minimum Gasteiger partial charge on any atom is -0.477 e. The zero-order valence-corrected chi connectivity index (χ0v) is 16.8. The molecule has 0 fully saturated rings. The molecule has 0 bridgehead atoms. The predicted octanol–water partition coefficient (Wildman–Crippen LogP) is 4.75. The molecule has 2 rings (SSSR count). The van der Waals surface area contributed by atoms with Gasteiger partial charge in [0.05, 0.1) is 5.56 Å². The maximum atomic E-state index is 13.2. The number of ketones is 1. The molecule has 152 valence electrons. The van der Waals surface area contributed by atoms with Crippen LogP contribution in [0.15, 0.2) is 36.5 Å². The highest BCUT2D eigenvalue weighted by molar-refractivity contribution is 6.76. The van der Waals surface area contributed by atoms with E-state index in [-0.39, 0.29) is 18.0 Å². The first-order valence-electron chi connectivity index (χ1n) is 8.62. The molecule has 5 nitrogen and oxygen atoms in total. The number of carbonyl (C=O) groups is 2. The number of halogens is 3. The second-order valence-corrected chi connectivity index (χ2v) is 13.2. The van der Waals surface area contributed by atoms with Crippen LogP contribution in [-0.2, 0) is 17.6 Å². The van der Waals surface area contributed by atoms with Gasteiger partial charge in [-0.15, -0.1) is 0 Å². The number of nitrogens with zero attached hydrogens (tertiary/aromatic N) is 1. The van der Waals surface area contributed by atoms with Crippen LogP contribution in [0.4, 0.5) is 13.2 Å². The molecule has 0 aliphatic carbocycles. The van der Waals surface area contributed by atoms with Gasteiger partial charge >= 0.3 is 12.1 Å². The van der Waals surface area contributed by atoms with Gasteiger partial charge in [-0.25, -0.2) is 4.79 Å². The summed E-state index contributed by atoms with van der Waals surface area (Å²) in [5.74, 6) is -2.19. The summed E-state index contributed by atoms with van der Waals surface area (Å²) in [6.45, 7) is 6.85. The van der Waals surface area contributed by atoms with Crippen LogP contribution in [0.2, 0.25) is 25.7 Å². The molecule has 28 heavy (non-hydrogen) atoms. The first-order chi connectivity index (χ1) is 12.9. The Morgan fingerprint density at radius 2 is 1.82 bits per heavy atom. The second-order valence-electron chi connectivity index (χ2n) is 7.61. The number of hydrogen-bond acceptors (Lipinski definition) is 3. The third-order valence-electron chi connectivity index (χ3n) is 4.08. The third kappa shape index (κ3) is 5.55. The lowest BCUT2D eigenvalue weighted by Gasteiger charge is -2.15. The highest BCUT2D eigenvalue weighted by Gasteiger charge is 2.35. The molecular formula is C19H22F3NO4Si. The fraction of sp³-hybridized carbons (Fsp3) is 0.368. The Balaban J connectivity index is 2.28. The summed E-state index contributed by atoms with van der Waals surface area (Å²) in [6, 6.07) is 6.37. The van der Waals surface area contributed by atoms with Crippen LogP contribution in [0.25, 0.3) is 0 Å². The monoisotopic (exact) mass is 413 g/mol. The average Bonchev–Trinajstić information content (AvgIpc) is 3.01. The summed E-state index contributed by atoms with van der Waals surface area (Å²) in [7, 11) is -1.32. The zero-order valence-electron chi connectivity index (χ0n) is 15.8. The summed E-state index contributed by atoms with van der Waals surface area (Å²) in [6.07, 6.45) is -3.47. The minimum atomic E-state index is -4.69. The van der Waals surface area contributed by atoms with Crippen molar-refractivity contribution in [1.82, 2.24) is 4.57 Å². The highest BCUT2D eigenvalue weighted by Crippen LogP contribution is 2.33. The van der Waals surface area contributed by atoms with Crippen molar-refractivity contribution < 1.29 is 32.6 Å². The number of carbonyl (C=O) groups excluding carboxylic acids is 1. The van der Waals surface area contributed by atoms with E-state index < -0.39 is 37.1 Å². The van der Waals surface area contributed by atoms with Crippen LogP contribution in [0.3, 0.4) is 0 Å². The number of carboxylic acids is 1. The van der Waals surface area contributed by atoms with Crippen molar-refractivity contribution in [3.63, 3.8) is 0 Å². The lowest BCUT2D eigenvalue weighted by atomic mass is 9.99. The summed E-state index contributed by atoms with van der Waals surface area (Å²) in [4.78, 5) is 24.1. The van der Waals surface area contributed by atoms with Crippen LogP contribution in [0.5, 0.6) is 0 Å². The number of benzene rings is 1. The maximum absolute atomic E-state index is 13.2. The SMILES string of the molecule is C[Si](C)(C)CCOCn1cc(C(=O)c2ccccc2C(F)(F)F)cc1C(=O)O. The Kier molecular flexibility index (Phi) is 6.51. The van der Waals surface area contributed by atoms with Gasteiger partial charge in [0.2, 0.25) is 0 Å². The minimum absolute atomic E-state index is 0.0969. The third-order valence-corrected chi connectivity index (χ3v) is 5.79. The molecule has 9 heteroatoms. The number of aromatic nitrogens is 1. The van der Waals surface area contributed by atoms with E-state index >= 15 is 0 Å². The van der Waals surface area contributed by atoms with Crippen LogP contribution in [0.1, 0.15) is 32.0 Å². The van der Waals surface area contributed by atoms with E-state index in [4.69, 9.17) is 4.74 Å². The summed E-state index contributed by atoms with van der Waals surface area (Å²) >= 11 is 0. The lowest BCUT2D eigenvalue weighted by molar-refractivity contribution is -0.137. The van der Waals surface area contributed by atoms with Crippen LogP contribution in [0, 0.1) is 0 Å². The van der Waals surface area contributed by atoms with E-state index in [1.165, 1.54) is 22.9 Å². The predicted molar refractivity (Wildman–Crippen MR) is 100 cm³/mol. The molecule has 0 aliphatic heterocycles. The van der Waals surface area contributed by atoms with Crippen LogP contribution < -0.4 is 0 Å². The molecular weight excluding hydrogens is 391 g/mol. The van der Waals surface area contributed by atoms with E-state index in [0.717, 1.165) is 24.2 Å². The van der Waals surface area contributed by atoms with E-state index in [0.29, 0.717) is 6.61 Å². The van der Waals surface area contributed by atoms with Crippen molar-refractivity contribution in [1.29, 1.82) is 0 Å². The molecule has 0 unspecified atom stereocenters. The summed E-state index contributed by atoms with van der Waals surface area (Å²) in [5.41, 5.74) is -1.94. The molecule has 0 saturated heterocycles. The fourth-order valence-electron chi connectivity index (χ4n) is 2.55. The lowest BCUT2D eigenvalue weighted by Crippen LogP contribution is -2.22. The number of rotatable bonds is 8. The number of hydrogen-bond donors (Lipinski definition) is 1. The number of ether oxygens (including phenoxy) is 1. The molecule has 2 aromatic rings. The van der Waals surface area contributed by atoms with Crippen molar-refractivity contribution in [3.8, 4) is 0 Å². The molecule has 0 atom stereocenters. The van der Waals surface area contributed by atoms with E-state index in [9.17, 15) is 27.9 Å². The molecule has 0 radical (unpaired) electrons. The van der Waals surface area contributed by atoms with Crippen molar-refractivity contribution in [2.24, 2.45) is 0 Å². The molecule has 1 aromatic heterocycles. The van der Waals surface area contributed by atoms with Gasteiger partial charge in [0.15, 0.2) is 5.78 Å². The van der Waals surface area contributed by atoms with Crippen molar-refractivity contribution in [2.45, 2.75) is 38.6 Å². The maximum Gasteiger partial charge on any atom is 0.417 e. The van der Waals surface area contributed by atoms with E-state index in [1.807, 2.05) is 0 Å². The Morgan fingerprint density at radius 3 is 2.39 bits per heavy atom. The van der Waals surface area contributed by atoms with Gasteiger partial charge < -0.3 is 14.4 Å². The van der Waals surface area contributed by atoms with Crippen molar-refractivity contribution >= 4 is 19.8 Å². The van der Waals surface area contributed by atoms with E-state index in [1.54, 1.807) is 0 Å². The van der Waals surface area contributed by atoms with Gasteiger partial charge in [-0.1, -0.05) is 37.8 Å². The summed E-state index contributed by atoms with van der Waals surface area (Å²) < 4.78 is 46.2. The molecule has 1 N–H and O–H groups in total. The summed E-state index contributed by atoms with van der Waals surface area (Å²) in [5, 5.41) is 9.34. The second kappa shape index (κ2) is 8.32. The molecule has 0 amide bonds. The first kappa shape index (κ1) is 21.9. The largest absolute Gasteiger partial charge is 0.477 e. The molecule has 0 spiro atoms. The van der Waals surface area contributed by atoms with Crippen molar-refractivity contribution in [2.75, 3.05) is 6.61 Å². The molecule has 0 aliphatic rings. The normalized spacial score (nSPS) is 12.2. The van der Waals surface area contributed by atoms with Crippen LogP contribution in [-0.4, -0.2) is 36.1 Å². The molecule has 0 saturated carbocycles. The average molecular weight is 413 g/mol. The van der Waals surface area contributed by atoms with Gasteiger partial charge in [0.1, 0.15) is 12.4 Å². The van der Waals surface area contributed by atoms with Crippen LogP contribution >= 0.6 is 0 Å². The number of alkyl halides is 3. The highest BCUT2D eigenvalue weighted by atomic mass is 28.3. The topological polar surface area (TPSA) is 68.5 Å². The standard InChI is InChI=1S/C19H22F3NO4Si/c1-28(2,3)9-8-27-12-23-11-13(10-16(23)18(25)26)17(24)14-6-4-5-7-15(14)19(20,21)22/h4-7,10-11H,8-9,12H2,1-3H3,(H,25,26). The smallest absolute Gasteiger partial charge is 0.417 e. The van der Waals surface area contributed by atoms with Gasteiger partial charge in [-0.3, -0.25) is 4.79 Å². The van der Waals surface area contributed by atoms with Gasteiger partial charge in [0.25, 0.3) is 0 Å². The Morgan fingerprint density at radius 1 is 1.18 bits per heavy atom. The van der Waals surface area contributed by atoms with E-state index in [2.05, 4.69) is 19.6 Å². The first-order valence-corrected chi connectivity index (χ1v) is 12.3. The Labute approximate surface area is 161 Å². The quantitative estimate of drug-likeness (QED) is 0.385. The Hall–Kier alpha value is -2.39. The zero-order chi connectivity index (χ0) is 21.1.